The fourth-order valence-electron chi connectivity index (χ4n) is 1.20. The van der Waals surface area contributed by atoms with E-state index in [1.165, 1.54) is 13.2 Å². The number of benzene rings is 1. The lowest BCUT2D eigenvalue weighted by molar-refractivity contribution is -0.107. The molecular formula is C10H8FNO2. The smallest absolute Gasteiger partial charge is 0.143 e. The number of ether oxygens (including phenoxy) is 1. The van der Waals surface area contributed by atoms with Crippen molar-refractivity contribution in [2.24, 2.45) is 0 Å². The van der Waals surface area contributed by atoms with Crippen LogP contribution in [-0.2, 0) is 11.2 Å². The maximum atomic E-state index is 13.2. The molecule has 0 amide bonds. The summed E-state index contributed by atoms with van der Waals surface area (Å²) in [5.74, 6) is -0.396. The summed E-state index contributed by atoms with van der Waals surface area (Å²) in [5.41, 5.74) is 0.354. The predicted molar refractivity (Wildman–Crippen MR) is 47.4 cm³/mol. The Bertz CT molecular complexity index is 396. The molecule has 0 fully saturated rings. The van der Waals surface area contributed by atoms with Gasteiger partial charge in [-0.2, -0.15) is 5.26 Å². The molecule has 72 valence electrons. The van der Waals surface area contributed by atoms with Crippen LogP contribution in [0.3, 0.4) is 0 Å². The summed E-state index contributed by atoms with van der Waals surface area (Å²) in [4.78, 5) is 10.3. The average Bonchev–Trinajstić information content (AvgIpc) is 2.21. The molecule has 0 saturated carbocycles. The topological polar surface area (TPSA) is 50.1 Å². The molecule has 0 N–H and O–H groups in total. The number of nitrogens with zero attached hydrogens (tertiary/aromatic N) is 1. The Balaban J connectivity index is 3.36. The summed E-state index contributed by atoms with van der Waals surface area (Å²) < 4.78 is 18.1. The zero-order valence-corrected chi connectivity index (χ0v) is 7.58. The van der Waals surface area contributed by atoms with E-state index < -0.39 is 5.82 Å². The Morgan fingerprint density at radius 1 is 1.64 bits per heavy atom. The van der Waals surface area contributed by atoms with E-state index in [-0.39, 0.29) is 23.3 Å². The van der Waals surface area contributed by atoms with E-state index in [0.29, 0.717) is 6.29 Å². The van der Waals surface area contributed by atoms with Gasteiger partial charge in [-0.25, -0.2) is 4.39 Å². The molecule has 4 heteroatoms. The van der Waals surface area contributed by atoms with Gasteiger partial charge in [-0.3, -0.25) is 0 Å². The van der Waals surface area contributed by atoms with Crippen LogP contribution in [0.2, 0.25) is 0 Å². The third kappa shape index (κ3) is 1.72. The van der Waals surface area contributed by atoms with Crippen molar-refractivity contribution in [3.05, 3.63) is 29.1 Å². The van der Waals surface area contributed by atoms with E-state index in [1.807, 2.05) is 6.07 Å². The monoisotopic (exact) mass is 193 g/mol. The Labute approximate surface area is 80.7 Å². The molecule has 0 bridgehead atoms. The van der Waals surface area contributed by atoms with Crippen molar-refractivity contribution in [3.63, 3.8) is 0 Å². The minimum atomic E-state index is -0.534. The second-order valence-electron chi connectivity index (χ2n) is 2.59. The van der Waals surface area contributed by atoms with Crippen LogP contribution in [0.4, 0.5) is 4.39 Å². The lowest BCUT2D eigenvalue weighted by Crippen LogP contribution is -1.99. The average molecular weight is 193 g/mol. The fourth-order valence-corrected chi connectivity index (χ4v) is 1.20. The molecule has 1 aromatic rings. The molecule has 0 saturated heterocycles. The van der Waals surface area contributed by atoms with E-state index in [0.717, 1.165) is 6.07 Å². The first-order valence-electron chi connectivity index (χ1n) is 3.93. The van der Waals surface area contributed by atoms with E-state index >= 15 is 0 Å². The van der Waals surface area contributed by atoms with Crippen LogP contribution in [0.5, 0.6) is 5.75 Å². The highest BCUT2D eigenvalue weighted by Gasteiger charge is 2.13. The molecular weight excluding hydrogens is 185 g/mol. The van der Waals surface area contributed by atoms with Crippen LogP contribution < -0.4 is 4.74 Å². The molecule has 3 nitrogen and oxygen atoms in total. The van der Waals surface area contributed by atoms with E-state index in [4.69, 9.17) is 10.00 Å². The summed E-state index contributed by atoms with van der Waals surface area (Å²) in [6, 6.07) is 4.34. The van der Waals surface area contributed by atoms with Crippen LogP contribution in [0.15, 0.2) is 12.1 Å². The molecule has 0 aliphatic carbocycles. The third-order valence-corrected chi connectivity index (χ3v) is 1.82. The van der Waals surface area contributed by atoms with Crippen molar-refractivity contribution in [1.29, 1.82) is 5.26 Å². The zero-order chi connectivity index (χ0) is 10.6. The van der Waals surface area contributed by atoms with E-state index in [2.05, 4.69) is 0 Å². The minimum absolute atomic E-state index is 0.0927. The van der Waals surface area contributed by atoms with Gasteiger partial charge in [-0.15, -0.1) is 0 Å². The van der Waals surface area contributed by atoms with Crippen molar-refractivity contribution in [2.45, 2.75) is 6.42 Å². The molecule has 0 aliphatic rings. The molecule has 0 heterocycles. The highest BCUT2D eigenvalue weighted by Crippen LogP contribution is 2.25. The van der Waals surface area contributed by atoms with Gasteiger partial charge in [-0.05, 0) is 12.1 Å². The second kappa shape index (κ2) is 4.38. The number of halogens is 1. The second-order valence-corrected chi connectivity index (χ2v) is 2.59. The van der Waals surface area contributed by atoms with Crippen LogP contribution in [-0.4, -0.2) is 13.4 Å². The summed E-state index contributed by atoms with van der Waals surface area (Å²) in [7, 11) is 1.34. The molecule has 0 aliphatic heterocycles. The van der Waals surface area contributed by atoms with Gasteiger partial charge in [-0.1, -0.05) is 0 Å². The van der Waals surface area contributed by atoms with Gasteiger partial charge in [0, 0.05) is 12.0 Å². The number of carbonyl (C=O) groups excluding carboxylic acids is 1. The van der Waals surface area contributed by atoms with Crippen molar-refractivity contribution >= 4 is 6.29 Å². The maximum absolute atomic E-state index is 13.2. The molecule has 0 atom stereocenters. The molecule has 0 aromatic heterocycles. The predicted octanol–water partition coefficient (Wildman–Crippen LogP) is 1.45. The molecule has 14 heavy (non-hydrogen) atoms. The van der Waals surface area contributed by atoms with Gasteiger partial charge in [0.05, 0.1) is 12.7 Å². The van der Waals surface area contributed by atoms with Crippen LogP contribution in [0, 0.1) is 17.1 Å². The minimum Gasteiger partial charge on any atom is -0.495 e. The molecule has 0 radical (unpaired) electrons. The Morgan fingerprint density at radius 3 is 2.86 bits per heavy atom. The number of aldehydes is 1. The van der Waals surface area contributed by atoms with E-state index in [9.17, 15) is 9.18 Å². The van der Waals surface area contributed by atoms with Gasteiger partial charge < -0.3 is 9.53 Å². The van der Waals surface area contributed by atoms with Gasteiger partial charge in [0.15, 0.2) is 0 Å². The van der Waals surface area contributed by atoms with E-state index in [1.54, 1.807) is 0 Å². The van der Waals surface area contributed by atoms with Crippen molar-refractivity contribution in [3.8, 4) is 11.8 Å². The van der Waals surface area contributed by atoms with Crippen molar-refractivity contribution in [1.82, 2.24) is 0 Å². The number of nitriles is 1. The van der Waals surface area contributed by atoms with Gasteiger partial charge >= 0.3 is 0 Å². The number of rotatable bonds is 3. The maximum Gasteiger partial charge on any atom is 0.143 e. The lowest BCUT2D eigenvalue weighted by atomic mass is 10.1. The summed E-state index contributed by atoms with van der Waals surface area (Å²) in [6.45, 7) is 0. The van der Waals surface area contributed by atoms with Gasteiger partial charge in [0.2, 0.25) is 0 Å². The fraction of sp³-hybridized carbons (Fsp3) is 0.200. The summed E-state index contributed by atoms with van der Waals surface area (Å²) in [6.07, 6.45) is 0.479. The number of hydrogen-bond acceptors (Lipinski definition) is 3. The first-order chi connectivity index (χ1) is 6.74. The summed E-state index contributed by atoms with van der Waals surface area (Å²) >= 11 is 0. The van der Waals surface area contributed by atoms with Gasteiger partial charge in [0.25, 0.3) is 0 Å². The molecule has 0 unspecified atom stereocenters. The first-order valence-corrected chi connectivity index (χ1v) is 3.93. The van der Waals surface area contributed by atoms with Gasteiger partial charge in [0.1, 0.15) is 23.9 Å². The molecule has 0 spiro atoms. The highest BCUT2D eigenvalue weighted by atomic mass is 19.1. The highest BCUT2D eigenvalue weighted by molar-refractivity contribution is 5.60. The molecule has 1 aromatic carbocycles. The Kier molecular flexibility index (Phi) is 3.19. The zero-order valence-electron chi connectivity index (χ0n) is 7.58. The number of carbonyl (C=O) groups is 1. The normalized spacial score (nSPS) is 9.21. The van der Waals surface area contributed by atoms with Crippen molar-refractivity contribution in [2.75, 3.05) is 7.11 Å². The SMILES string of the molecule is COc1c(C#N)ccc(F)c1CC=O. The quantitative estimate of drug-likeness (QED) is 0.682. The van der Waals surface area contributed by atoms with Crippen LogP contribution in [0.1, 0.15) is 11.1 Å². The molecule has 1 rings (SSSR count). The van der Waals surface area contributed by atoms with Crippen LogP contribution in [0.25, 0.3) is 0 Å². The first kappa shape index (κ1) is 10.2. The Morgan fingerprint density at radius 2 is 2.36 bits per heavy atom. The standard InChI is InChI=1S/C10H8FNO2/c1-14-10-7(6-12)2-3-9(11)8(10)4-5-13/h2-3,5H,4H2,1H3. The third-order valence-electron chi connectivity index (χ3n) is 1.82. The van der Waals surface area contributed by atoms with Crippen molar-refractivity contribution < 1.29 is 13.9 Å². The largest absolute Gasteiger partial charge is 0.495 e. The summed E-state index contributed by atoms with van der Waals surface area (Å²) in [5, 5.41) is 8.69. The number of hydrogen-bond donors (Lipinski definition) is 0. The number of methoxy groups -OCH3 is 1. The van der Waals surface area contributed by atoms with Crippen LogP contribution >= 0.6 is 0 Å². The Hall–Kier alpha value is -1.89. The lowest BCUT2D eigenvalue weighted by Gasteiger charge is -2.08.